The van der Waals surface area contributed by atoms with E-state index in [9.17, 15) is 4.79 Å². The largest absolute Gasteiger partial charge is 0.478 e. The van der Waals surface area contributed by atoms with Gasteiger partial charge in [0.25, 0.3) is 0 Å². The molecule has 2 aromatic rings. The maximum atomic E-state index is 11.0. The van der Waals surface area contributed by atoms with Gasteiger partial charge in [-0.2, -0.15) is 0 Å². The van der Waals surface area contributed by atoms with E-state index in [4.69, 9.17) is 5.11 Å². The van der Waals surface area contributed by atoms with Gasteiger partial charge in [-0.05, 0) is 54.8 Å². The van der Waals surface area contributed by atoms with Gasteiger partial charge in [0.05, 0.1) is 5.56 Å². The molecule has 27 heavy (non-hydrogen) atoms. The average molecular weight is 367 g/mol. The lowest BCUT2D eigenvalue weighted by molar-refractivity contribution is 0.0697. The molecular formula is C23H30N2O2. The van der Waals surface area contributed by atoms with E-state index in [1.165, 1.54) is 43.4 Å². The molecule has 0 bridgehead atoms. The fourth-order valence-corrected chi connectivity index (χ4v) is 3.67. The van der Waals surface area contributed by atoms with E-state index in [-0.39, 0.29) is 0 Å². The number of hydrogen-bond donors (Lipinski definition) is 1. The number of carboxylic acid groups (broad SMARTS) is 1. The van der Waals surface area contributed by atoms with Gasteiger partial charge in [0, 0.05) is 37.6 Å². The Labute approximate surface area is 162 Å². The summed E-state index contributed by atoms with van der Waals surface area (Å²) < 4.78 is 0. The lowest BCUT2D eigenvalue weighted by atomic mass is 10.1. The van der Waals surface area contributed by atoms with Crippen LogP contribution in [0.4, 0.5) is 11.4 Å². The second-order valence-corrected chi connectivity index (χ2v) is 7.30. The predicted molar refractivity (Wildman–Crippen MR) is 112 cm³/mol. The van der Waals surface area contributed by atoms with Crippen LogP contribution in [-0.2, 0) is 6.42 Å². The van der Waals surface area contributed by atoms with Gasteiger partial charge >= 0.3 is 5.97 Å². The van der Waals surface area contributed by atoms with Crippen molar-refractivity contribution in [3.63, 3.8) is 0 Å². The molecule has 1 aliphatic heterocycles. The Hall–Kier alpha value is -2.49. The minimum absolute atomic E-state index is 0.340. The highest BCUT2D eigenvalue weighted by Crippen LogP contribution is 2.22. The summed E-state index contributed by atoms with van der Waals surface area (Å²) in [6.07, 6.45) is 6.41. The summed E-state index contributed by atoms with van der Waals surface area (Å²) in [6, 6.07) is 16.3. The molecule has 1 aliphatic rings. The van der Waals surface area contributed by atoms with E-state index in [1.54, 1.807) is 12.1 Å². The topological polar surface area (TPSA) is 43.8 Å². The minimum Gasteiger partial charge on any atom is -0.478 e. The van der Waals surface area contributed by atoms with Crippen LogP contribution in [0.15, 0.2) is 48.5 Å². The SMILES string of the molecule is CCCCCCc1ccc(N2CCN(c3ccc(C(=O)O)cc3)CC2)cc1. The highest BCUT2D eigenvalue weighted by Gasteiger charge is 2.17. The van der Waals surface area contributed by atoms with Crippen molar-refractivity contribution in [1.82, 2.24) is 0 Å². The lowest BCUT2D eigenvalue weighted by Gasteiger charge is -2.37. The number of rotatable bonds is 8. The van der Waals surface area contributed by atoms with Gasteiger partial charge in [-0.1, -0.05) is 38.3 Å². The van der Waals surface area contributed by atoms with Crippen LogP contribution in [0.5, 0.6) is 0 Å². The first-order valence-electron chi connectivity index (χ1n) is 10.1. The number of carbonyl (C=O) groups is 1. The molecule has 144 valence electrons. The second-order valence-electron chi connectivity index (χ2n) is 7.30. The smallest absolute Gasteiger partial charge is 0.335 e. The molecule has 1 saturated heterocycles. The van der Waals surface area contributed by atoms with Gasteiger partial charge in [-0.25, -0.2) is 4.79 Å². The van der Waals surface area contributed by atoms with E-state index in [0.29, 0.717) is 5.56 Å². The third-order valence-electron chi connectivity index (χ3n) is 5.38. The van der Waals surface area contributed by atoms with Gasteiger partial charge in [-0.3, -0.25) is 0 Å². The summed E-state index contributed by atoms with van der Waals surface area (Å²) >= 11 is 0. The molecule has 0 radical (unpaired) electrons. The van der Waals surface area contributed by atoms with Crippen LogP contribution in [-0.4, -0.2) is 37.3 Å². The summed E-state index contributed by atoms with van der Waals surface area (Å²) in [7, 11) is 0. The zero-order valence-corrected chi connectivity index (χ0v) is 16.2. The highest BCUT2D eigenvalue weighted by molar-refractivity contribution is 5.88. The van der Waals surface area contributed by atoms with Gasteiger partial charge < -0.3 is 14.9 Å². The minimum atomic E-state index is -0.875. The van der Waals surface area contributed by atoms with Crippen molar-refractivity contribution in [2.75, 3.05) is 36.0 Å². The third-order valence-corrected chi connectivity index (χ3v) is 5.38. The number of piperazine rings is 1. The normalized spacial score (nSPS) is 14.4. The Morgan fingerprint density at radius 3 is 1.81 bits per heavy atom. The predicted octanol–water partition coefficient (Wildman–Crippen LogP) is 4.83. The van der Waals surface area contributed by atoms with Gasteiger partial charge in [0.1, 0.15) is 0 Å². The van der Waals surface area contributed by atoms with Crippen molar-refractivity contribution in [3.05, 3.63) is 59.7 Å². The van der Waals surface area contributed by atoms with E-state index >= 15 is 0 Å². The Bertz CT molecular complexity index is 717. The number of nitrogens with zero attached hydrogens (tertiary/aromatic N) is 2. The summed E-state index contributed by atoms with van der Waals surface area (Å²) in [4.78, 5) is 15.7. The van der Waals surface area contributed by atoms with Crippen LogP contribution in [0.2, 0.25) is 0 Å². The molecule has 0 amide bonds. The highest BCUT2D eigenvalue weighted by atomic mass is 16.4. The number of aromatic carboxylic acids is 1. The standard InChI is InChI=1S/C23H30N2O2/c1-2-3-4-5-6-19-7-11-21(12-8-19)24-15-17-25(18-16-24)22-13-9-20(10-14-22)23(26)27/h7-14H,2-6,15-18H2,1H3,(H,26,27). The maximum absolute atomic E-state index is 11.0. The summed E-state index contributed by atoms with van der Waals surface area (Å²) in [5.74, 6) is -0.875. The van der Waals surface area contributed by atoms with E-state index in [1.807, 2.05) is 12.1 Å². The molecule has 0 spiro atoms. The van der Waals surface area contributed by atoms with Crippen molar-refractivity contribution in [3.8, 4) is 0 Å². The fourth-order valence-electron chi connectivity index (χ4n) is 3.67. The first-order valence-corrected chi connectivity index (χ1v) is 10.1. The third kappa shape index (κ3) is 5.25. The number of benzene rings is 2. The second kappa shape index (κ2) is 9.45. The fraction of sp³-hybridized carbons (Fsp3) is 0.435. The number of carboxylic acids is 1. The molecule has 0 unspecified atom stereocenters. The Morgan fingerprint density at radius 2 is 1.33 bits per heavy atom. The molecule has 2 aromatic carbocycles. The molecule has 4 nitrogen and oxygen atoms in total. The number of unbranched alkanes of at least 4 members (excludes halogenated alkanes) is 3. The molecule has 4 heteroatoms. The number of anilines is 2. The van der Waals surface area contributed by atoms with Crippen molar-refractivity contribution in [1.29, 1.82) is 0 Å². The molecule has 1 heterocycles. The molecule has 1 N–H and O–H groups in total. The summed E-state index contributed by atoms with van der Waals surface area (Å²) in [6.45, 7) is 6.11. The lowest BCUT2D eigenvalue weighted by Crippen LogP contribution is -2.46. The molecule has 3 rings (SSSR count). The van der Waals surface area contributed by atoms with Crippen LogP contribution in [0, 0.1) is 0 Å². The Morgan fingerprint density at radius 1 is 0.815 bits per heavy atom. The van der Waals surface area contributed by atoms with Crippen molar-refractivity contribution < 1.29 is 9.90 Å². The monoisotopic (exact) mass is 366 g/mol. The molecule has 0 aliphatic carbocycles. The van der Waals surface area contributed by atoms with Gasteiger partial charge in [0.2, 0.25) is 0 Å². The van der Waals surface area contributed by atoms with Crippen LogP contribution >= 0.6 is 0 Å². The van der Waals surface area contributed by atoms with E-state index in [2.05, 4.69) is 41.0 Å². The molecular weight excluding hydrogens is 336 g/mol. The zero-order valence-electron chi connectivity index (χ0n) is 16.2. The van der Waals surface area contributed by atoms with Crippen molar-refractivity contribution in [2.24, 2.45) is 0 Å². The van der Waals surface area contributed by atoms with Crippen LogP contribution in [0.1, 0.15) is 48.5 Å². The summed E-state index contributed by atoms with van der Waals surface area (Å²) in [5.41, 5.74) is 4.18. The van der Waals surface area contributed by atoms with Crippen molar-refractivity contribution >= 4 is 17.3 Å². The van der Waals surface area contributed by atoms with Crippen LogP contribution < -0.4 is 9.80 Å². The van der Waals surface area contributed by atoms with Gasteiger partial charge in [-0.15, -0.1) is 0 Å². The average Bonchev–Trinajstić information content (AvgIpc) is 2.72. The van der Waals surface area contributed by atoms with Gasteiger partial charge in [0.15, 0.2) is 0 Å². The number of hydrogen-bond acceptors (Lipinski definition) is 3. The maximum Gasteiger partial charge on any atom is 0.335 e. The Balaban J connectivity index is 1.50. The quantitative estimate of drug-likeness (QED) is 0.679. The first-order chi connectivity index (χ1) is 13.2. The van der Waals surface area contributed by atoms with Crippen LogP contribution in [0.3, 0.4) is 0 Å². The Kier molecular flexibility index (Phi) is 6.74. The first kappa shape index (κ1) is 19.3. The molecule has 0 aromatic heterocycles. The van der Waals surface area contributed by atoms with E-state index < -0.39 is 5.97 Å². The van der Waals surface area contributed by atoms with Crippen LogP contribution in [0.25, 0.3) is 0 Å². The van der Waals surface area contributed by atoms with E-state index in [0.717, 1.165) is 31.9 Å². The molecule has 0 atom stereocenters. The molecule has 0 saturated carbocycles. The summed E-state index contributed by atoms with van der Waals surface area (Å²) in [5, 5.41) is 9.02. The zero-order chi connectivity index (χ0) is 19.1. The number of aryl methyl sites for hydroxylation is 1. The molecule has 1 fully saturated rings. The van der Waals surface area contributed by atoms with Crippen molar-refractivity contribution in [2.45, 2.75) is 39.0 Å².